The summed E-state index contributed by atoms with van der Waals surface area (Å²) in [7, 11) is 1.55. The lowest BCUT2D eigenvalue weighted by Gasteiger charge is -2.28. The summed E-state index contributed by atoms with van der Waals surface area (Å²) in [5, 5.41) is 0. The normalized spacial score (nSPS) is 12.0. The molecular formula is C28H29F5INO2. The fourth-order valence-corrected chi connectivity index (χ4v) is 3.54. The Morgan fingerprint density at radius 3 is 1.78 bits per heavy atom. The van der Waals surface area contributed by atoms with E-state index >= 15 is 0 Å². The Balaban J connectivity index is 0.00000481. The minimum atomic E-state index is -2.26. The Morgan fingerprint density at radius 1 is 0.730 bits per heavy atom. The zero-order valence-electron chi connectivity index (χ0n) is 21.6. The second kappa shape index (κ2) is 11.4. The maximum atomic E-state index is 14.2. The van der Waals surface area contributed by atoms with E-state index in [2.05, 4.69) is 52.6 Å². The van der Waals surface area contributed by atoms with Crippen molar-refractivity contribution in [2.45, 2.75) is 52.4 Å². The van der Waals surface area contributed by atoms with Gasteiger partial charge in [-0.25, -0.2) is 13.2 Å². The minimum Gasteiger partial charge on any atom is -0.496 e. The molecule has 9 heteroatoms. The molecule has 0 spiro atoms. The number of hydrogen-bond donors (Lipinski definition) is 0. The first-order chi connectivity index (χ1) is 16.7. The first-order valence-electron chi connectivity index (χ1n) is 11.2. The molecule has 0 aliphatic carbocycles. The summed E-state index contributed by atoms with van der Waals surface area (Å²) in [5.74, 6) is -11.6. The number of aliphatic imine (C=N–C) groups is 1. The predicted octanol–water partition coefficient (Wildman–Crippen LogP) is 9.15. The average Bonchev–Trinajstić information content (AvgIpc) is 2.81. The summed E-state index contributed by atoms with van der Waals surface area (Å²) in [6.45, 7) is 12.4. The quantitative estimate of drug-likeness (QED) is 0.0923. The Kier molecular flexibility index (Phi) is 9.38. The molecule has 0 saturated carbocycles. The maximum absolute atomic E-state index is 14.2. The Hall–Kier alpha value is -2.69. The Labute approximate surface area is 230 Å². The van der Waals surface area contributed by atoms with Gasteiger partial charge < -0.3 is 9.47 Å². The lowest BCUT2D eigenvalue weighted by Crippen LogP contribution is -2.18. The molecule has 0 heterocycles. The van der Waals surface area contributed by atoms with Gasteiger partial charge in [0.05, 0.1) is 7.11 Å². The van der Waals surface area contributed by atoms with Gasteiger partial charge in [0, 0.05) is 17.3 Å². The molecule has 3 rings (SSSR count). The Bertz CT molecular complexity index is 1300. The van der Waals surface area contributed by atoms with E-state index in [-0.39, 0.29) is 46.2 Å². The molecule has 0 N–H and O–H groups in total. The van der Waals surface area contributed by atoms with E-state index < -0.39 is 34.8 Å². The minimum absolute atomic E-state index is 0. The number of rotatable bonds is 5. The monoisotopic (exact) mass is 633 g/mol. The van der Waals surface area contributed by atoms with Gasteiger partial charge in [-0.1, -0.05) is 59.7 Å². The third-order valence-electron chi connectivity index (χ3n) is 5.59. The van der Waals surface area contributed by atoms with Crippen molar-refractivity contribution in [3.8, 4) is 17.2 Å². The van der Waals surface area contributed by atoms with Crippen molar-refractivity contribution in [1.29, 1.82) is 0 Å². The molecule has 0 aliphatic heterocycles. The van der Waals surface area contributed by atoms with E-state index in [9.17, 15) is 22.0 Å². The van der Waals surface area contributed by atoms with E-state index in [1.807, 2.05) is 6.07 Å². The van der Waals surface area contributed by atoms with Gasteiger partial charge in [0.25, 0.3) is 0 Å². The van der Waals surface area contributed by atoms with Gasteiger partial charge in [0.1, 0.15) is 11.4 Å². The molecule has 37 heavy (non-hydrogen) atoms. The van der Waals surface area contributed by atoms with Crippen LogP contribution in [0.5, 0.6) is 17.2 Å². The first-order valence-corrected chi connectivity index (χ1v) is 11.2. The summed E-state index contributed by atoms with van der Waals surface area (Å²) in [6, 6.07) is 9.92. The second-order valence-electron chi connectivity index (χ2n) is 10.4. The van der Waals surface area contributed by atoms with Crippen LogP contribution in [-0.2, 0) is 10.8 Å². The van der Waals surface area contributed by atoms with E-state index in [4.69, 9.17) is 9.47 Å². The molecule has 0 unspecified atom stereocenters. The third-order valence-corrected chi connectivity index (χ3v) is 5.59. The lowest BCUT2D eigenvalue weighted by molar-refractivity contribution is 0.332. The van der Waals surface area contributed by atoms with Gasteiger partial charge in [-0.2, -0.15) is 8.78 Å². The summed E-state index contributed by atoms with van der Waals surface area (Å²) < 4.78 is 79.9. The van der Waals surface area contributed by atoms with Crippen molar-refractivity contribution >= 4 is 35.9 Å². The molecule has 0 fully saturated rings. The predicted molar refractivity (Wildman–Crippen MR) is 146 cm³/mol. The van der Waals surface area contributed by atoms with Crippen molar-refractivity contribution in [1.82, 2.24) is 0 Å². The highest BCUT2D eigenvalue weighted by atomic mass is 127. The summed E-state index contributed by atoms with van der Waals surface area (Å²) >= 11 is 0. The largest absolute Gasteiger partial charge is 0.496 e. The van der Waals surface area contributed by atoms with Gasteiger partial charge in [-0.05, 0) is 34.6 Å². The van der Waals surface area contributed by atoms with Crippen LogP contribution in [-0.4, -0.2) is 13.3 Å². The zero-order chi connectivity index (χ0) is 27.0. The molecule has 3 aromatic rings. The summed E-state index contributed by atoms with van der Waals surface area (Å²) in [6.07, 6.45) is 1.52. The standard InChI is InChI=1S/C28H28F5NO2.HI/c1-27(2,3)16-12-15(25(35-7)17(13-16)28(4,5)6)14-34-18-10-8-9-11-19(18)36-26-23(32)21(30)20(29)22(31)24(26)33;/h8-14H,1-7H3;1H. The zero-order valence-corrected chi connectivity index (χ0v) is 23.9. The fourth-order valence-electron chi connectivity index (χ4n) is 3.54. The van der Waals surface area contributed by atoms with Gasteiger partial charge >= 0.3 is 0 Å². The smallest absolute Gasteiger partial charge is 0.207 e. The second-order valence-corrected chi connectivity index (χ2v) is 10.4. The molecule has 3 nitrogen and oxygen atoms in total. The highest BCUT2D eigenvalue weighted by Crippen LogP contribution is 2.39. The molecule has 3 aromatic carbocycles. The summed E-state index contributed by atoms with van der Waals surface area (Å²) in [4.78, 5) is 4.41. The lowest BCUT2D eigenvalue weighted by atomic mass is 9.79. The van der Waals surface area contributed by atoms with E-state index in [0.29, 0.717) is 11.3 Å². The third kappa shape index (κ3) is 6.42. The van der Waals surface area contributed by atoms with Gasteiger partial charge in [0.2, 0.25) is 34.8 Å². The van der Waals surface area contributed by atoms with Gasteiger partial charge in [-0.3, -0.25) is 4.99 Å². The van der Waals surface area contributed by atoms with Crippen LogP contribution in [0.15, 0.2) is 41.4 Å². The highest BCUT2D eigenvalue weighted by molar-refractivity contribution is 14.0. The van der Waals surface area contributed by atoms with E-state index in [1.165, 1.54) is 24.4 Å². The van der Waals surface area contributed by atoms with Crippen molar-refractivity contribution in [3.63, 3.8) is 0 Å². The number of ether oxygens (including phenoxy) is 2. The number of nitrogens with zero attached hydrogens (tertiary/aromatic N) is 1. The number of benzene rings is 3. The topological polar surface area (TPSA) is 30.8 Å². The van der Waals surface area contributed by atoms with Crippen molar-refractivity contribution < 1.29 is 31.4 Å². The van der Waals surface area contributed by atoms with Crippen LogP contribution in [0.2, 0.25) is 0 Å². The molecule has 0 radical (unpaired) electrons. The number of para-hydroxylation sites is 2. The van der Waals surface area contributed by atoms with Crippen LogP contribution in [0, 0.1) is 29.1 Å². The number of hydrogen-bond acceptors (Lipinski definition) is 3. The highest BCUT2D eigenvalue weighted by Gasteiger charge is 2.28. The summed E-state index contributed by atoms with van der Waals surface area (Å²) in [5.41, 5.74) is 2.34. The molecule has 0 amide bonds. The van der Waals surface area contributed by atoms with Crippen molar-refractivity contribution in [2.24, 2.45) is 4.99 Å². The van der Waals surface area contributed by atoms with Crippen LogP contribution in [0.1, 0.15) is 58.2 Å². The number of halogens is 6. The molecule has 0 bridgehead atoms. The maximum Gasteiger partial charge on any atom is 0.207 e. The fraction of sp³-hybridized carbons (Fsp3) is 0.321. The van der Waals surface area contributed by atoms with Crippen LogP contribution < -0.4 is 9.47 Å². The SMILES string of the molecule is COc1c(C=Nc2ccccc2Oc2c(F)c(F)c(F)c(F)c2F)cc(C(C)(C)C)cc1C(C)(C)C.I. The van der Waals surface area contributed by atoms with Crippen LogP contribution in [0.4, 0.5) is 27.6 Å². The molecule has 0 aromatic heterocycles. The van der Waals surface area contributed by atoms with Crippen LogP contribution in [0.25, 0.3) is 0 Å². The van der Waals surface area contributed by atoms with Gasteiger partial charge in [-0.15, -0.1) is 24.0 Å². The van der Waals surface area contributed by atoms with Crippen LogP contribution >= 0.6 is 24.0 Å². The molecule has 0 atom stereocenters. The first kappa shape index (κ1) is 30.5. The van der Waals surface area contributed by atoms with Gasteiger partial charge in [0.15, 0.2) is 5.75 Å². The van der Waals surface area contributed by atoms with Crippen molar-refractivity contribution in [3.05, 3.63) is 82.2 Å². The molecule has 200 valence electrons. The Morgan fingerprint density at radius 2 is 1.27 bits per heavy atom. The van der Waals surface area contributed by atoms with E-state index in [0.717, 1.165) is 11.1 Å². The van der Waals surface area contributed by atoms with Crippen molar-refractivity contribution in [2.75, 3.05) is 7.11 Å². The average molecular weight is 633 g/mol. The molecule has 0 aliphatic rings. The molecular weight excluding hydrogens is 604 g/mol. The number of methoxy groups -OCH3 is 1. The van der Waals surface area contributed by atoms with E-state index in [1.54, 1.807) is 13.2 Å². The molecule has 0 saturated heterocycles. The van der Waals surface area contributed by atoms with Crippen LogP contribution in [0.3, 0.4) is 0 Å².